The van der Waals surface area contributed by atoms with E-state index in [2.05, 4.69) is 12.1 Å². The zero-order valence-electron chi connectivity index (χ0n) is 11.3. The van der Waals surface area contributed by atoms with Gasteiger partial charge in [-0.2, -0.15) is 0 Å². The summed E-state index contributed by atoms with van der Waals surface area (Å²) >= 11 is 0. The number of rotatable bonds is 1. The summed E-state index contributed by atoms with van der Waals surface area (Å²) in [5.41, 5.74) is 2.89. The molecule has 0 aromatic heterocycles. The Labute approximate surface area is 117 Å². The fraction of sp³-hybridized carbons (Fsp3) is 0.235. The first kappa shape index (κ1) is 12.9. The standard InChI is InChI=1S/C17H16FNO/c1-12-16-8-3-2-5-13(16)9-10-19(12)17(20)14-6-4-7-15(18)11-14/h2-8,11-12H,9-10H2,1H3/t12-/m1/s1. The molecule has 0 radical (unpaired) electrons. The molecule has 0 N–H and O–H groups in total. The van der Waals surface area contributed by atoms with E-state index in [1.54, 1.807) is 12.1 Å². The average molecular weight is 269 g/mol. The number of carbonyl (C=O) groups excluding carboxylic acids is 1. The van der Waals surface area contributed by atoms with E-state index < -0.39 is 0 Å². The third kappa shape index (κ3) is 2.20. The monoisotopic (exact) mass is 269 g/mol. The van der Waals surface area contributed by atoms with Crippen LogP contribution >= 0.6 is 0 Å². The van der Waals surface area contributed by atoms with Gasteiger partial charge in [-0.05, 0) is 42.7 Å². The minimum atomic E-state index is -0.374. The van der Waals surface area contributed by atoms with Crippen LogP contribution in [0.4, 0.5) is 4.39 Å². The van der Waals surface area contributed by atoms with E-state index in [-0.39, 0.29) is 17.8 Å². The van der Waals surface area contributed by atoms with Crippen LogP contribution in [0.15, 0.2) is 48.5 Å². The molecule has 0 saturated heterocycles. The van der Waals surface area contributed by atoms with Crippen LogP contribution in [0.3, 0.4) is 0 Å². The molecule has 0 unspecified atom stereocenters. The highest BCUT2D eigenvalue weighted by Gasteiger charge is 2.27. The van der Waals surface area contributed by atoms with E-state index in [0.717, 1.165) is 6.42 Å². The van der Waals surface area contributed by atoms with Crippen molar-refractivity contribution >= 4 is 5.91 Å². The van der Waals surface area contributed by atoms with Gasteiger partial charge in [0.1, 0.15) is 5.82 Å². The molecule has 3 heteroatoms. The molecule has 0 spiro atoms. The van der Waals surface area contributed by atoms with Gasteiger partial charge in [-0.25, -0.2) is 4.39 Å². The molecular weight excluding hydrogens is 253 g/mol. The second-order valence-electron chi connectivity index (χ2n) is 5.13. The Hall–Kier alpha value is -2.16. The molecule has 1 heterocycles. The van der Waals surface area contributed by atoms with E-state index in [1.165, 1.54) is 23.3 Å². The quantitative estimate of drug-likeness (QED) is 0.774. The number of halogens is 1. The molecule has 1 atom stereocenters. The normalized spacial score (nSPS) is 17.7. The topological polar surface area (TPSA) is 20.3 Å². The molecule has 2 aromatic carbocycles. The van der Waals surface area contributed by atoms with Crippen molar-refractivity contribution in [3.8, 4) is 0 Å². The molecule has 1 amide bonds. The molecule has 2 aromatic rings. The molecule has 0 aliphatic carbocycles. The Morgan fingerprint density at radius 2 is 2.00 bits per heavy atom. The Morgan fingerprint density at radius 3 is 2.80 bits per heavy atom. The number of benzene rings is 2. The van der Waals surface area contributed by atoms with Crippen LogP contribution < -0.4 is 0 Å². The van der Waals surface area contributed by atoms with Crippen molar-refractivity contribution in [2.45, 2.75) is 19.4 Å². The average Bonchev–Trinajstić information content (AvgIpc) is 2.47. The van der Waals surface area contributed by atoms with Crippen LogP contribution in [-0.4, -0.2) is 17.4 Å². The van der Waals surface area contributed by atoms with Gasteiger partial charge in [-0.15, -0.1) is 0 Å². The first-order valence-electron chi connectivity index (χ1n) is 6.81. The lowest BCUT2D eigenvalue weighted by atomic mass is 9.93. The maximum Gasteiger partial charge on any atom is 0.254 e. The highest BCUT2D eigenvalue weighted by molar-refractivity contribution is 5.94. The fourth-order valence-electron chi connectivity index (χ4n) is 2.84. The molecule has 0 saturated carbocycles. The van der Waals surface area contributed by atoms with E-state index >= 15 is 0 Å². The molecule has 102 valence electrons. The van der Waals surface area contributed by atoms with Gasteiger partial charge in [0, 0.05) is 12.1 Å². The molecular formula is C17H16FNO. The summed E-state index contributed by atoms with van der Waals surface area (Å²) in [5.74, 6) is -0.479. The number of hydrogen-bond acceptors (Lipinski definition) is 1. The van der Waals surface area contributed by atoms with Crippen LogP contribution in [-0.2, 0) is 6.42 Å². The minimum Gasteiger partial charge on any atom is -0.332 e. The largest absolute Gasteiger partial charge is 0.332 e. The van der Waals surface area contributed by atoms with Gasteiger partial charge in [0.15, 0.2) is 0 Å². The first-order chi connectivity index (χ1) is 9.66. The van der Waals surface area contributed by atoms with Crippen LogP contribution in [0.25, 0.3) is 0 Å². The van der Waals surface area contributed by atoms with E-state index in [0.29, 0.717) is 12.1 Å². The number of fused-ring (bicyclic) bond motifs is 1. The second kappa shape index (κ2) is 5.08. The molecule has 3 rings (SSSR count). The van der Waals surface area contributed by atoms with Gasteiger partial charge in [0.2, 0.25) is 0 Å². The Kier molecular flexibility index (Phi) is 3.26. The molecule has 0 fully saturated rings. The smallest absolute Gasteiger partial charge is 0.254 e. The van der Waals surface area contributed by atoms with Crippen molar-refractivity contribution in [3.05, 3.63) is 71.0 Å². The van der Waals surface area contributed by atoms with Gasteiger partial charge in [0.05, 0.1) is 6.04 Å². The van der Waals surface area contributed by atoms with Gasteiger partial charge in [-0.1, -0.05) is 30.3 Å². The van der Waals surface area contributed by atoms with Crippen molar-refractivity contribution in [2.24, 2.45) is 0 Å². The summed E-state index contributed by atoms with van der Waals surface area (Å²) in [7, 11) is 0. The third-order valence-electron chi connectivity index (χ3n) is 3.93. The van der Waals surface area contributed by atoms with Gasteiger partial charge in [-0.3, -0.25) is 4.79 Å². The molecule has 1 aliphatic heterocycles. The van der Waals surface area contributed by atoms with E-state index in [4.69, 9.17) is 0 Å². The summed E-state index contributed by atoms with van der Waals surface area (Å²) < 4.78 is 13.3. The number of hydrogen-bond donors (Lipinski definition) is 0. The van der Waals surface area contributed by atoms with Crippen molar-refractivity contribution in [3.63, 3.8) is 0 Å². The van der Waals surface area contributed by atoms with Crippen LogP contribution in [0.2, 0.25) is 0 Å². The third-order valence-corrected chi connectivity index (χ3v) is 3.93. The number of nitrogens with zero attached hydrogens (tertiary/aromatic N) is 1. The van der Waals surface area contributed by atoms with Crippen molar-refractivity contribution < 1.29 is 9.18 Å². The SMILES string of the molecule is C[C@@H]1c2ccccc2CCN1C(=O)c1cccc(F)c1. The van der Waals surface area contributed by atoms with Crippen LogP contribution in [0.5, 0.6) is 0 Å². The zero-order chi connectivity index (χ0) is 14.1. The lowest BCUT2D eigenvalue weighted by molar-refractivity contribution is 0.0677. The Morgan fingerprint density at radius 1 is 1.20 bits per heavy atom. The predicted octanol–water partition coefficient (Wildman–Crippen LogP) is 3.59. The fourth-order valence-corrected chi connectivity index (χ4v) is 2.84. The van der Waals surface area contributed by atoms with Crippen molar-refractivity contribution in [2.75, 3.05) is 6.54 Å². The Bertz CT molecular complexity index is 653. The maximum absolute atomic E-state index is 13.3. The number of amides is 1. The summed E-state index contributed by atoms with van der Waals surface area (Å²) in [6.45, 7) is 2.70. The molecule has 20 heavy (non-hydrogen) atoms. The van der Waals surface area contributed by atoms with Crippen LogP contribution in [0.1, 0.15) is 34.5 Å². The zero-order valence-corrected chi connectivity index (χ0v) is 11.3. The summed E-state index contributed by atoms with van der Waals surface area (Å²) in [5, 5.41) is 0. The summed E-state index contributed by atoms with van der Waals surface area (Å²) in [4.78, 5) is 14.3. The summed E-state index contributed by atoms with van der Waals surface area (Å²) in [6, 6.07) is 14.1. The minimum absolute atomic E-state index is 0.0238. The van der Waals surface area contributed by atoms with Gasteiger partial charge >= 0.3 is 0 Å². The number of carbonyl (C=O) groups is 1. The van der Waals surface area contributed by atoms with E-state index in [1.807, 2.05) is 24.0 Å². The van der Waals surface area contributed by atoms with Gasteiger partial charge in [0.25, 0.3) is 5.91 Å². The molecule has 2 nitrogen and oxygen atoms in total. The first-order valence-corrected chi connectivity index (χ1v) is 6.81. The highest BCUT2D eigenvalue weighted by Crippen LogP contribution is 2.30. The Balaban J connectivity index is 1.91. The van der Waals surface area contributed by atoms with Gasteiger partial charge < -0.3 is 4.90 Å². The van der Waals surface area contributed by atoms with Crippen molar-refractivity contribution in [1.29, 1.82) is 0 Å². The van der Waals surface area contributed by atoms with Crippen LogP contribution in [0, 0.1) is 5.82 Å². The van der Waals surface area contributed by atoms with E-state index in [9.17, 15) is 9.18 Å². The summed E-state index contributed by atoms with van der Waals surface area (Å²) in [6.07, 6.45) is 0.849. The predicted molar refractivity (Wildman–Crippen MR) is 76.0 cm³/mol. The second-order valence-corrected chi connectivity index (χ2v) is 5.13. The lowest BCUT2D eigenvalue weighted by Gasteiger charge is -2.35. The maximum atomic E-state index is 13.3. The molecule has 1 aliphatic rings. The molecule has 0 bridgehead atoms. The highest BCUT2D eigenvalue weighted by atomic mass is 19.1. The van der Waals surface area contributed by atoms with Crippen molar-refractivity contribution in [1.82, 2.24) is 4.90 Å². The lowest BCUT2D eigenvalue weighted by Crippen LogP contribution is -2.38.